The van der Waals surface area contributed by atoms with Gasteiger partial charge in [0.1, 0.15) is 5.82 Å². The third-order valence-electron chi connectivity index (χ3n) is 3.34. The molecule has 0 radical (unpaired) electrons. The van der Waals surface area contributed by atoms with E-state index >= 15 is 0 Å². The highest BCUT2D eigenvalue weighted by molar-refractivity contribution is 5.37. The summed E-state index contributed by atoms with van der Waals surface area (Å²) in [5.74, 6) is 0.921. The lowest BCUT2D eigenvalue weighted by molar-refractivity contribution is 0.203. The summed E-state index contributed by atoms with van der Waals surface area (Å²) in [6.45, 7) is 10.9. The van der Waals surface area contributed by atoms with Gasteiger partial charge in [-0.05, 0) is 13.3 Å². The van der Waals surface area contributed by atoms with E-state index in [1.165, 1.54) is 0 Å². The number of hydrogen-bond donors (Lipinski definition) is 1. The van der Waals surface area contributed by atoms with Gasteiger partial charge in [0.25, 0.3) is 0 Å². The first-order valence-electron chi connectivity index (χ1n) is 7.38. The molecule has 0 saturated carbocycles. The van der Waals surface area contributed by atoms with Gasteiger partial charge in [-0.15, -0.1) is 0 Å². The van der Waals surface area contributed by atoms with Crippen molar-refractivity contribution in [3.8, 4) is 0 Å². The summed E-state index contributed by atoms with van der Waals surface area (Å²) < 4.78 is 5.18. The van der Waals surface area contributed by atoms with Crippen molar-refractivity contribution in [2.45, 2.75) is 52.7 Å². The van der Waals surface area contributed by atoms with Crippen LogP contribution in [0, 0.1) is 0 Å². The molecule has 1 aromatic heterocycles. The Morgan fingerprint density at radius 2 is 2.00 bits per heavy atom. The molecule has 0 aliphatic carbocycles. The van der Waals surface area contributed by atoms with Crippen molar-refractivity contribution in [1.29, 1.82) is 0 Å². The lowest BCUT2D eigenvalue weighted by Gasteiger charge is -2.29. The minimum Gasteiger partial charge on any atom is -0.383 e. The van der Waals surface area contributed by atoms with Gasteiger partial charge in [0.05, 0.1) is 24.7 Å². The molecule has 114 valence electrons. The zero-order valence-corrected chi connectivity index (χ0v) is 13.4. The average Bonchev–Trinajstić information content (AvgIpc) is 2.46. The van der Waals surface area contributed by atoms with Crippen LogP contribution in [0.25, 0.3) is 0 Å². The zero-order valence-electron chi connectivity index (χ0n) is 13.4. The van der Waals surface area contributed by atoms with Crippen molar-refractivity contribution in [2.75, 3.05) is 25.2 Å². The van der Waals surface area contributed by atoms with Crippen LogP contribution >= 0.6 is 0 Å². The summed E-state index contributed by atoms with van der Waals surface area (Å²) in [5, 5.41) is 3.34. The van der Waals surface area contributed by atoms with E-state index in [2.05, 4.69) is 47.9 Å². The fourth-order valence-corrected chi connectivity index (χ4v) is 1.87. The predicted octanol–water partition coefficient (Wildman–Crippen LogP) is 2.23. The number of nitrogens with zero attached hydrogens (tertiary/aromatic N) is 3. The lowest BCUT2D eigenvalue weighted by atomic mass is 10.2. The van der Waals surface area contributed by atoms with Gasteiger partial charge in [-0.3, -0.25) is 4.98 Å². The van der Waals surface area contributed by atoms with Crippen molar-refractivity contribution in [2.24, 2.45) is 0 Å². The van der Waals surface area contributed by atoms with E-state index in [1.54, 1.807) is 7.11 Å². The van der Waals surface area contributed by atoms with Gasteiger partial charge in [0.2, 0.25) is 0 Å². The Morgan fingerprint density at radius 1 is 1.25 bits per heavy atom. The normalized spacial score (nSPS) is 12.7. The molecule has 1 atom stereocenters. The van der Waals surface area contributed by atoms with Crippen LogP contribution in [-0.2, 0) is 11.3 Å². The van der Waals surface area contributed by atoms with Crippen LogP contribution in [0.1, 0.15) is 39.8 Å². The molecule has 1 heterocycles. The Bertz CT molecular complexity index is 367. The molecule has 0 aliphatic rings. The first kappa shape index (κ1) is 16.9. The van der Waals surface area contributed by atoms with Crippen LogP contribution in [0.5, 0.6) is 0 Å². The number of rotatable bonds is 9. The fraction of sp³-hybridized carbons (Fsp3) is 0.733. The standard InChI is InChI=1S/C15H28N4O/c1-6-13(4)19(7-8-20-5)15-11-17-14(10-18-15)9-16-12(2)3/h10-13,16H,6-9H2,1-5H3. The minimum atomic E-state index is 0.430. The highest BCUT2D eigenvalue weighted by Crippen LogP contribution is 2.14. The third kappa shape index (κ3) is 5.43. The first-order valence-corrected chi connectivity index (χ1v) is 7.38. The van der Waals surface area contributed by atoms with E-state index < -0.39 is 0 Å². The van der Waals surface area contributed by atoms with Gasteiger partial charge in [0.15, 0.2) is 0 Å². The molecule has 5 heteroatoms. The molecule has 1 aromatic rings. The molecular formula is C15H28N4O. The van der Waals surface area contributed by atoms with Gasteiger partial charge in [-0.1, -0.05) is 20.8 Å². The number of ether oxygens (including phenoxy) is 1. The number of methoxy groups -OCH3 is 1. The predicted molar refractivity (Wildman–Crippen MR) is 83.0 cm³/mol. The van der Waals surface area contributed by atoms with Crippen LogP contribution in [0.3, 0.4) is 0 Å². The van der Waals surface area contributed by atoms with E-state index in [9.17, 15) is 0 Å². The molecule has 0 bridgehead atoms. The van der Waals surface area contributed by atoms with Crippen LogP contribution in [0.15, 0.2) is 12.4 Å². The molecule has 1 unspecified atom stereocenters. The molecule has 5 nitrogen and oxygen atoms in total. The van der Waals surface area contributed by atoms with Gasteiger partial charge in [0, 0.05) is 32.3 Å². The van der Waals surface area contributed by atoms with E-state index in [1.807, 2.05) is 12.4 Å². The van der Waals surface area contributed by atoms with Crippen LogP contribution < -0.4 is 10.2 Å². The number of hydrogen-bond acceptors (Lipinski definition) is 5. The van der Waals surface area contributed by atoms with Crippen LogP contribution in [0.4, 0.5) is 5.82 Å². The molecule has 0 aromatic carbocycles. The second-order valence-corrected chi connectivity index (χ2v) is 5.34. The van der Waals surface area contributed by atoms with Gasteiger partial charge in [-0.2, -0.15) is 0 Å². The summed E-state index contributed by atoms with van der Waals surface area (Å²) in [5.41, 5.74) is 0.971. The SMILES string of the molecule is CCC(C)N(CCOC)c1cnc(CNC(C)C)cn1. The quantitative estimate of drug-likeness (QED) is 0.751. The smallest absolute Gasteiger partial charge is 0.147 e. The Morgan fingerprint density at radius 3 is 2.50 bits per heavy atom. The topological polar surface area (TPSA) is 50.3 Å². The monoisotopic (exact) mass is 280 g/mol. The first-order chi connectivity index (χ1) is 9.58. The Balaban J connectivity index is 2.71. The second kappa shape index (κ2) is 8.87. The van der Waals surface area contributed by atoms with Crippen LogP contribution in [0.2, 0.25) is 0 Å². The molecule has 0 fully saturated rings. The van der Waals surface area contributed by atoms with E-state index in [-0.39, 0.29) is 0 Å². The van der Waals surface area contributed by atoms with Gasteiger partial charge >= 0.3 is 0 Å². The molecule has 0 aliphatic heterocycles. The lowest BCUT2D eigenvalue weighted by Crippen LogP contribution is -2.36. The largest absolute Gasteiger partial charge is 0.383 e. The van der Waals surface area contributed by atoms with Crippen LogP contribution in [-0.4, -0.2) is 42.3 Å². The number of nitrogens with one attached hydrogen (secondary N) is 1. The van der Waals surface area contributed by atoms with Gasteiger partial charge < -0.3 is 15.0 Å². The Labute approximate surface area is 122 Å². The number of aromatic nitrogens is 2. The van der Waals surface area contributed by atoms with Crippen molar-refractivity contribution < 1.29 is 4.74 Å². The van der Waals surface area contributed by atoms with Crippen molar-refractivity contribution in [3.63, 3.8) is 0 Å². The molecule has 0 saturated heterocycles. The van der Waals surface area contributed by atoms with Gasteiger partial charge in [-0.25, -0.2) is 4.98 Å². The summed E-state index contributed by atoms with van der Waals surface area (Å²) in [6.07, 6.45) is 4.79. The fourth-order valence-electron chi connectivity index (χ4n) is 1.87. The number of anilines is 1. The van der Waals surface area contributed by atoms with E-state index in [4.69, 9.17) is 4.74 Å². The molecule has 0 spiro atoms. The minimum absolute atomic E-state index is 0.430. The Hall–Kier alpha value is -1.20. The molecule has 1 rings (SSSR count). The maximum Gasteiger partial charge on any atom is 0.147 e. The maximum absolute atomic E-state index is 5.18. The molecule has 0 amide bonds. The summed E-state index contributed by atoms with van der Waals surface area (Å²) in [4.78, 5) is 11.3. The van der Waals surface area contributed by atoms with Crippen molar-refractivity contribution >= 4 is 5.82 Å². The van der Waals surface area contributed by atoms with Crippen molar-refractivity contribution in [3.05, 3.63) is 18.1 Å². The molecule has 20 heavy (non-hydrogen) atoms. The third-order valence-corrected chi connectivity index (χ3v) is 3.34. The average molecular weight is 280 g/mol. The summed E-state index contributed by atoms with van der Waals surface area (Å²) in [6, 6.07) is 0.883. The summed E-state index contributed by atoms with van der Waals surface area (Å²) >= 11 is 0. The zero-order chi connectivity index (χ0) is 15.0. The van der Waals surface area contributed by atoms with Crippen molar-refractivity contribution in [1.82, 2.24) is 15.3 Å². The highest BCUT2D eigenvalue weighted by Gasteiger charge is 2.14. The van der Waals surface area contributed by atoms with E-state index in [0.717, 1.165) is 31.0 Å². The summed E-state index contributed by atoms with van der Waals surface area (Å²) in [7, 11) is 1.72. The molecular weight excluding hydrogens is 252 g/mol. The molecule has 1 N–H and O–H groups in total. The Kier molecular flexibility index (Phi) is 7.47. The van der Waals surface area contributed by atoms with E-state index in [0.29, 0.717) is 18.7 Å². The second-order valence-electron chi connectivity index (χ2n) is 5.34. The highest BCUT2D eigenvalue weighted by atomic mass is 16.5. The maximum atomic E-state index is 5.18.